The van der Waals surface area contributed by atoms with Gasteiger partial charge in [-0.15, -0.1) is 0 Å². The highest BCUT2D eigenvalue weighted by Gasteiger charge is 1.98. The summed E-state index contributed by atoms with van der Waals surface area (Å²) in [6.45, 7) is 1.73. The first-order valence-corrected chi connectivity index (χ1v) is 4.16. The minimum Gasteiger partial charge on any atom is -0.380 e. The van der Waals surface area contributed by atoms with Gasteiger partial charge in [0.1, 0.15) is 4.99 Å². The van der Waals surface area contributed by atoms with E-state index in [1.165, 1.54) is 0 Å². The van der Waals surface area contributed by atoms with Crippen LogP contribution in [0, 0.1) is 0 Å². The Morgan fingerprint density at radius 3 is 2.75 bits per heavy atom. The van der Waals surface area contributed by atoms with E-state index in [-0.39, 0.29) is 0 Å². The molecule has 2 nitrogen and oxygen atoms in total. The second-order valence-electron chi connectivity index (χ2n) is 2.19. The first-order chi connectivity index (χ1) is 5.70. The maximum absolute atomic E-state index is 5.80. The zero-order valence-corrected chi connectivity index (χ0v) is 8.08. The van der Waals surface area contributed by atoms with Crippen molar-refractivity contribution < 1.29 is 4.84 Å². The molecule has 0 aliphatic carbocycles. The molecule has 0 saturated heterocycles. The van der Waals surface area contributed by atoms with Crippen LogP contribution in [-0.2, 0) is 0 Å². The molecule has 1 aromatic carbocycles. The third-order valence-corrected chi connectivity index (χ3v) is 1.54. The topological polar surface area (TPSA) is 21.3 Å². The molecule has 64 valence electrons. The summed E-state index contributed by atoms with van der Waals surface area (Å²) in [5.41, 5.74) is 2.55. The van der Waals surface area contributed by atoms with Crippen LogP contribution in [0.15, 0.2) is 24.3 Å². The summed E-state index contributed by atoms with van der Waals surface area (Å²) >= 11 is 10.6. The Hall–Kier alpha value is -0.800. The Morgan fingerprint density at radius 2 is 2.17 bits per heavy atom. The SMILES string of the molecule is CC(=S)NOc1ccccc1Cl. The minimum absolute atomic E-state index is 0.557. The van der Waals surface area contributed by atoms with Gasteiger partial charge in [0.15, 0.2) is 5.75 Å². The molecular formula is C8H8ClNOS. The first kappa shape index (κ1) is 9.29. The van der Waals surface area contributed by atoms with Crippen LogP contribution in [0.5, 0.6) is 5.75 Å². The van der Waals surface area contributed by atoms with Gasteiger partial charge in [-0.3, -0.25) is 0 Å². The van der Waals surface area contributed by atoms with Gasteiger partial charge in [0, 0.05) is 0 Å². The molecule has 0 saturated carbocycles. The van der Waals surface area contributed by atoms with Crippen molar-refractivity contribution >= 4 is 28.8 Å². The lowest BCUT2D eigenvalue weighted by atomic mass is 10.3. The van der Waals surface area contributed by atoms with Crippen LogP contribution in [0.2, 0.25) is 5.02 Å². The number of nitrogens with one attached hydrogen (secondary N) is 1. The van der Waals surface area contributed by atoms with Crippen LogP contribution in [0.1, 0.15) is 6.92 Å². The Labute approximate surface area is 81.4 Å². The van der Waals surface area contributed by atoms with E-state index in [0.29, 0.717) is 15.8 Å². The predicted octanol–water partition coefficient (Wildman–Crippen LogP) is 2.57. The molecule has 1 rings (SSSR count). The summed E-state index contributed by atoms with van der Waals surface area (Å²) in [4.78, 5) is 5.64. The molecule has 0 aromatic heterocycles. The highest BCUT2D eigenvalue weighted by molar-refractivity contribution is 7.80. The van der Waals surface area contributed by atoms with Crippen molar-refractivity contribution in [3.05, 3.63) is 29.3 Å². The zero-order valence-electron chi connectivity index (χ0n) is 6.50. The molecule has 1 N–H and O–H groups in total. The van der Waals surface area contributed by atoms with Crippen molar-refractivity contribution in [2.24, 2.45) is 0 Å². The molecule has 0 spiro atoms. The number of para-hydroxylation sites is 1. The number of halogens is 1. The lowest BCUT2D eigenvalue weighted by molar-refractivity contribution is 0.264. The molecule has 0 bridgehead atoms. The second kappa shape index (κ2) is 4.28. The molecule has 4 heteroatoms. The van der Waals surface area contributed by atoms with E-state index in [4.69, 9.17) is 28.7 Å². The van der Waals surface area contributed by atoms with Crippen LogP contribution < -0.4 is 10.3 Å². The van der Waals surface area contributed by atoms with Crippen molar-refractivity contribution in [3.8, 4) is 5.75 Å². The van der Waals surface area contributed by atoms with Gasteiger partial charge >= 0.3 is 0 Å². The standard InChI is InChI=1S/C8H8ClNOS/c1-6(12)10-11-8-5-3-2-4-7(8)9/h2-5H,1H3,(H,10,12). The number of thiocarbonyl (C=S) groups is 1. The minimum atomic E-state index is 0.557. The fourth-order valence-corrected chi connectivity index (χ4v) is 0.870. The van der Waals surface area contributed by atoms with Gasteiger partial charge in [0.25, 0.3) is 0 Å². The summed E-state index contributed by atoms with van der Waals surface area (Å²) in [6.07, 6.45) is 0. The fraction of sp³-hybridized carbons (Fsp3) is 0.125. The molecule has 0 amide bonds. The Morgan fingerprint density at radius 1 is 1.50 bits per heavy atom. The summed E-state index contributed by atoms with van der Waals surface area (Å²) < 4.78 is 0. The van der Waals surface area contributed by atoms with E-state index in [9.17, 15) is 0 Å². The maximum atomic E-state index is 5.80. The van der Waals surface area contributed by atoms with Crippen LogP contribution in [-0.4, -0.2) is 4.99 Å². The number of rotatable bonds is 2. The highest BCUT2D eigenvalue weighted by atomic mass is 35.5. The largest absolute Gasteiger partial charge is 0.380 e. The van der Waals surface area contributed by atoms with Gasteiger partial charge in [-0.2, -0.15) is 0 Å². The normalized spacial score (nSPS) is 9.17. The average Bonchev–Trinajstić information content (AvgIpc) is 2.03. The van der Waals surface area contributed by atoms with Crippen molar-refractivity contribution in [1.29, 1.82) is 0 Å². The van der Waals surface area contributed by atoms with Crippen molar-refractivity contribution in [3.63, 3.8) is 0 Å². The highest BCUT2D eigenvalue weighted by Crippen LogP contribution is 2.21. The average molecular weight is 202 g/mol. The fourth-order valence-electron chi connectivity index (χ4n) is 0.654. The lowest BCUT2D eigenvalue weighted by Gasteiger charge is -2.06. The molecular weight excluding hydrogens is 194 g/mol. The monoisotopic (exact) mass is 201 g/mol. The van der Waals surface area contributed by atoms with E-state index in [2.05, 4.69) is 5.48 Å². The Kier molecular flexibility index (Phi) is 3.31. The molecule has 0 radical (unpaired) electrons. The molecule has 1 aromatic rings. The maximum Gasteiger partial charge on any atom is 0.173 e. The second-order valence-corrected chi connectivity index (χ2v) is 3.21. The van der Waals surface area contributed by atoms with Crippen molar-refractivity contribution in [1.82, 2.24) is 5.48 Å². The summed E-state index contributed by atoms with van der Waals surface area (Å²) in [6, 6.07) is 7.17. The number of hydrogen-bond donors (Lipinski definition) is 1. The summed E-state index contributed by atoms with van der Waals surface area (Å²) in [5.74, 6) is 0.573. The smallest absolute Gasteiger partial charge is 0.173 e. The number of hydrogen-bond acceptors (Lipinski definition) is 2. The molecule has 0 atom stereocenters. The van der Waals surface area contributed by atoms with Crippen LogP contribution in [0.4, 0.5) is 0 Å². The van der Waals surface area contributed by atoms with Crippen LogP contribution >= 0.6 is 23.8 Å². The third-order valence-electron chi connectivity index (χ3n) is 1.14. The lowest BCUT2D eigenvalue weighted by Crippen LogP contribution is -2.22. The van der Waals surface area contributed by atoms with Crippen molar-refractivity contribution in [2.45, 2.75) is 6.92 Å². The molecule has 0 unspecified atom stereocenters. The summed E-state index contributed by atoms with van der Waals surface area (Å²) in [7, 11) is 0. The number of hydroxylamine groups is 1. The predicted molar refractivity (Wildman–Crippen MR) is 53.5 cm³/mol. The molecule has 12 heavy (non-hydrogen) atoms. The Balaban J connectivity index is 2.63. The van der Waals surface area contributed by atoms with E-state index in [1.807, 2.05) is 12.1 Å². The van der Waals surface area contributed by atoms with Gasteiger partial charge < -0.3 is 4.84 Å². The van der Waals surface area contributed by atoms with Gasteiger partial charge in [-0.25, -0.2) is 5.48 Å². The van der Waals surface area contributed by atoms with Crippen molar-refractivity contribution in [2.75, 3.05) is 0 Å². The molecule has 0 fully saturated rings. The molecule has 0 aliphatic rings. The van der Waals surface area contributed by atoms with Gasteiger partial charge in [-0.05, 0) is 19.1 Å². The van der Waals surface area contributed by atoms with E-state index >= 15 is 0 Å². The Bertz CT molecular complexity index is 290. The molecule has 0 heterocycles. The van der Waals surface area contributed by atoms with E-state index < -0.39 is 0 Å². The summed E-state index contributed by atoms with van der Waals surface area (Å²) in [5, 5.41) is 0.557. The zero-order chi connectivity index (χ0) is 8.97. The quantitative estimate of drug-likeness (QED) is 0.587. The number of benzene rings is 1. The molecule has 0 aliphatic heterocycles. The van der Waals surface area contributed by atoms with Crippen LogP contribution in [0.25, 0.3) is 0 Å². The van der Waals surface area contributed by atoms with E-state index in [1.54, 1.807) is 19.1 Å². The van der Waals surface area contributed by atoms with E-state index in [0.717, 1.165) is 0 Å². The van der Waals surface area contributed by atoms with Crippen LogP contribution in [0.3, 0.4) is 0 Å². The van der Waals surface area contributed by atoms with Gasteiger partial charge in [0.05, 0.1) is 5.02 Å². The third kappa shape index (κ3) is 2.68. The van der Waals surface area contributed by atoms with Gasteiger partial charge in [0.2, 0.25) is 0 Å². The van der Waals surface area contributed by atoms with Gasteiger partial charge in [-0.1, -0.05) is 36.0 Å². The first-order valence-electron chi connectivity index (χ1n) is 3.38.